The summed E-state index contributed by atoms with van der Waals surface area (Å²) in [6.07, 6.45) is 0. The first-order valence-electron chi connectivity index (χ1n) is 9.58. The molecule has 0 bridgehead atoms. The molecule has 0 saturated carbocycles. The number of rotatable bonds is 6. The van der Waals surface area contributed by atoms with Gasteiger partial charge in [0.2, 0.25) is 0 Å². The molecule has 0 aliphatic carbocycles. The monoisotopic (exact) mass is 405 g/mol. The summed E-state index contributed by atoms with van der Waals surface area (Å²) in [7, 11) is 1.61. The van der Waals surface area contributed by atoms with E-state index in [0.717, 1.165) is 29.2 Å². The molecular weight excluding hydrogens is 382 g/mol. The van der Waals surface area contributed by atoms with Gasteiger partial charge in [0.15, 0.2) is 0 Å². The van der Waals surface area contributed by atoms with Crippen molar-refractivity contribution in [2.24, 2.45) is 0 Å². The van der Waals surface area contributed by atoms with Gasteiger partial charge in [-0.2, -0.15) is 0 Å². The van der Waals surface area contributed by atoms with E-state index in [1.807, 2.05) is 65.6 Å². The second kappa shape index (κ2) is 9.05. The summed E-state index contributed by atoms with van der Waals surface area (Å²) in [6.45, 7) is 1.27. The summed E-state index contributed by atoms with van der Waals surface area (Å²) in [5.74, 6) is 2.47. The summed E-state index contributed by atoms with van der Waals surface area (Å²) in [5.41, 5.74) is 2.90. The van der Waals surface area contributed by atoms with Gasteiger partial charge in [0.25, 0.3) is 5.91 Å². The van der Waals surface area contributed by atoms with Gasteiger partial charge in [0.05, 0.1) is 7.11 Å². The van der Waals surface area contributed by atoms with E-state index in [2.05, 4.69) is 12.1 Å². The van der Waals surface area contributed by atoms with Crippen LogP contribution in [-0.4, -0.2) is 30.2 Å². The third kappa shape index (κ3) is 4.57. The maximum absolute atomic E-state index is 13.1. The molecule has 5 heteroatoms. The van der Waals surface area contributed by atoms with Crippen LogP contribution in [0.2, 0.25) is 0 Å². The van der Waals surface area contributed by atoms with Crippen molar-refractivity contribution in [2.75, 3.05) is 19.4 Å². The second-order valence-electron chi connectivity index (χ2n) is 6.80. The van der Waals surface area contributed by atoms with Gasteiger partial charge in [0.1, 0.15) is 23.5 Å². The zero-order valence-corrected chi connectivity index (χ0v) is 17.1. The second-order valence-corrected chi connectivity index (χ2v) is 7.99. The zero-order valence-electron chi connectivity index (χ0n) is 16.3. The van der Waals surface area contributed by atoms with E-state index in [4.69, 9.17) is 9.47 Å². The van der Waals surface area contributed by atoms with E-state index in [1.165, 1.54) is 0 Å². The van der Waals surface area contributed by atoms with Gasteiger partial charge in [0, 0.05) is 17.9 Å². The van der Waals surface area contributed by atoms with E-state index in [1.54, 1.807) is 24.9 Å². The summed E-state index contributed by atoms with van der Waals surface area (Å²) < 4.78 is 11.1. The first-order valence-corrected chi connectivity index (χ1v) is 10.6. The number of methoxy groups -OCH3 is 1. The Labute approximate surface area is 175 Å². The Kier molecular flexibility index (Phi) is 6.06. The summed E-state index contributed by atoms with van der Waals surface area (Å²) in [4.78, 5) is 15.0. The Morgan fingerprint density at radius 1 is 1.00 bits per heavy atom. The Morgan fingerprint density at radius 2 is 1.79 bits per heavy atom. The molecule has 0 unspecified atom stereocenters. The number of ether oxygens (including phenoxy) is 2. The quantitative estimate of drug-likeness (QED) is 0.568. The molecule has 1 heterocycles. The number of carbonyl (C=O) groups is 1. The third-order valence-corrected chi connectivity index (χ3v) is 6.14. The lowest BCUT2D eigenvalue weighted by Gasteiger charge is -2.24. The van der Waals surface area contributed by atoms with Crippen molar-refractivity contribution in [1.82, 2.24) is 4.90 Å². The zero-order chi connectivity index (χ0) is 20.1. The molecule has 29 heavy (non-hydrogen) atoms. The average molecular weight is 406 g/mol. The van der Waals surface area contributed by atoms with E-state index in [0.29, 0.717) is 17.9 Å². The normalized spacial score (nSPS) is 15.9. The smallest absolute Gasteiger partial charge is 0.255 e. The molecule has 4 rings (SSSR count). The van der Waals surface area contributed by atoms with Crippen LogP contribution in [0.25, 0.3) is 0 Å². The molecule has 1 aliphatic heterocycles. The van der Waals surface area contributed by atoms with Gasteiger partial charge in [-0.1, -0.05) is 48.5 Å². The molecule has 1 fully saturated rings. The molecule has 0 radical (unpaired) electrons. The predicted octanol–water partition coefficient (Wildman–Crippen LogP) is 5.16. The largest absolute Gasteiger partial charge is 0.497 e. The highest BCUT2D eigenvalue weighted by Gasteiger charge is 2.31. The highest BCUT2D eigenvalue weighted by Crippen LogP contribution is 2.39. The van der Waals surface area contributed by atoms with E-state index < -0.39 is 0 Å². The van der Waals surface area contributed by atoms with Crippen LogP contribution in [0.1, 0.15) is 26.9 Å². The van der Waals surface area contributed by atoms with Crippen LogP contribution in [0.5, 0.6) is 11.5 Å². The lowest BCUT2D eigenvalue weighted by Crippen LogP contribution is -2.30. The van der Waals surface area contributed by atoms with Crippen LogP contribution in [0, 0.1) is 0 Å². The Bertz CT molecular complexity index is 959. The average Bonchev–Trinajstić information content (AvgIpc) is 3.28. The molecule has 3 aromatic rings. The molecule has 1 saturated heterocycles. The topological polar surface area (TPSA) is 38.8 Å². The van der Waals surface area contributed by atoms with Crippen molar-refractivity contribution in [3.8, 4) is 11.5 Å². The summed E-state index contributed by atoms with van der Waals surface area (Å²) >= 11 is 1.79. The Hall–Kier alpha value is -2.92. The lowest BCUT2D eigenvalue weighted by molar-refractivity contribution is 0.0760. The Balaban J connectivity index is 1.45. The van der Waals surface area contributed by atoms with Crippen LogP contribution < -0.4 is 9.47 Å². The van der Waals surface area contributed by atoms with Crippen LogP contribution in [0.15, 0.2) is 78.9 Å². The fourth-order valence-electron chi connectivity index (χ4n) is 3.35. The van der Waals surface area contributed by atoms with Gasteiger partial charge in [-0.25, -0.2) is 0 Å². The Morgan fingerprint density at radius 3 is 2.55 bits per heavy atom. The molecule has 1 aliphatic rings. The van der Waals surface area contributed by atoms with Crippen LogP contribution in [-0.2, 0) is 6.61 Å². The number of carbonyl (C=O) groups excluding carboxylic acids is 1. The molecule has 0 aromatic heterocycles. The molecule has 4 nitrogen and oxygen atoms in total. The van der Waals surface area contributed by atoms with Crippen molar-refractivity contribution >= 4 is 17.7 Å². The van der Waals surface area contributed by atoms with E-state index in [-0.39, 0.29) is 11.3 Å². The number of amides is 1. The first kappa shape index (κ1) is 19.4. The minimum atomic E-state index is 0.0110. The molecule has 0 N–H and O–H groups in total. The van der Waals surface area contributed by atoms with Gasteiger partial charge in [-0.05, 0) is 41.5 Å². The fourth-order valence-corrected chi connectivity index (χ4v) is 4.60. The van der Waals surface area contributed by atoms with Gasteiger partial charge in [-0.3, -0.25) is 4.79 Å². The highest BCUT2D eigenvalue weighted by molar-refractivity contribution is 7.99. The van der Waals surface area contributed by atoms with Gasteiger partial charge in [-0.15, -0.1) is 11.8 Å². The van der Waals surface area contributed by atoms with E-state index in [9.17, 15) is 4.79 Å². The molecule has 148 valence electrons. The van der Waals surface area contributed by atoms with Gasteiger partial charge < -0.3 is 14.4 Å². The van der Waals surface area contributed by atoms with Crippen molar-refractivity contribution in [1.29, 1.82) is 0 Å². The maximum Gasteiger partial charge on any atom is 0.255 e. The van der Waals surface area contributed by atoms with E-state index >= 15 is 0 Å². The summed E-state index contributed by atoms with van der Waals surface area (Å²) in [6, 6.07) is 25.5. The maximum atomic E-state index is 13.1. The van der Waals surface area contributed by atoms with Crippen molar-refractivity contribution < 1.29 is 14.3 Å². The fraction of sp³-hybridized carbons (Fsp3) is 0.208. The van der Waals surface area contributed by atoms with Crippen LogP contribution in [0.3, 0.4) is 0 Å². The van der Waals surface area contributed by atoms with Gasteiger partial charge >= 0.3 is 0 Å². The van der Waals surface area contributed by atoms with Crippen LogP contribution >= 0.6 is 11.8 Å². The minimum absolute atomic E-state index is 0.0110. The third-order valence-electron chi connectivity index (χ3n) is 4.88. The number of benzene rings is 3. The lowest BCUT2D eigenvalue weighted by atomic mass is 10.1. The van der Waals surface area contributed by atoms with Crippen LogP contribution in [0.4, 0.5) is 0 Å². The molecular formula is C24H23NO3S. The van der Waals surface area contributed by atoms with Crippen molar-refractivity contribution in [2.45, 2.75) is 12.0 Å². The number of hydrogen-bond donors (Lipinski definition) is 0. The standard InChI is InChI=1S/C24H23NO3S/c1-27-22-9-5-8-20(16-22)23(26)25-14-15-29-24(25)19-10-12-21(13-11-19)28-17-18-6-3-2-4-7-18/h2-13,16,24H,14-15,17H2,1H3/t24-/m1/s1. The SMILES string of the molecule is COc1cccc(C(=O)N2CCS[C@@H]2c2ccc(OCc3ccccc3)cc2)c1. The minimum Gasteiger partial charge on any atom is -0.497 e. The number of nitrogens with zero attached hydrogens (tertiary/aromatic N) is 1. The van der Waals surface area contributed by atoms with Crippen molar-refractivity contribution in [3.63, 3.8) is 0 Å². The predicted molar refractivity (Wildman–Crippen MR) is 116 cm³/mol. The van der Waals surface area contributed by atoms with Crippen molar-refractivity contribution in [3.05, 3.63) is 95.6 Å². The first-order chi connectivity index (χ1) is 14.2. The molecule has 0 spiro atoms. The molecule has 3 aromatic carbocycles. The number of hydrogen-bond acceptors (Lipinski definition) is 4. The molecule has 1 atom stereocenters. The summed E-state index contributed by atoms with van der Waals surface area (Å²) in [5, 5.41) is 0.0110. The molecule has 1 amide bonds. The number of thioether (sulfide) groups is 1. The highest BCUT2D eigenvalue weighted by atomic mass is 32.2.